The van der Waals surface area contributed by atoms with Gasteiger partial charge in [0.25, 0.3) is 5.91 Å². The van der Waals surface area contributed by atoms with Crippen LogP contribution in [0.5, 0.6) is 5.75 Å². The first-order chi connectivity index (χ1) is 15.5. The highest BCUT2D eigenvalue weighted by molar-refractivity contribution is 5.92. The molecule has 2 fully saturated rings. The summed E-state index contributed by atoms with van der Waals surface area (Å²) in [5.74, 6) is 2.12. The Labute approximate surface area is 190 Å². The van der Waals surface area contributed by atoms with E-state index in [9.17, 15) is 4.79 Å². The van der Waals surface area contributed by atoms with Gasteiger partial charge in [0.1, 0.15) is 12.0 Å². The van der Waals surface area contributed by atoms with Gasteiger partial charge in [0.2, 0.25) is 5.89 Å². The molecular formula is C24H35N5O3. The van der Waals surface area contributed by atoms with Crippen LogP contribution in [-0.4, -0.2) is 91.6 Å². The van der Waals surface area contributed by atoms with Gasteiger partial charge in [0.05, 0.1) is 19.3 Å². The number of hydrogen-bond donors (Lipinski definition) is 0. The molecule has 0 spiro atoms. The third-order valence-corrected chi connectivity index (χ3v) is 6.21. The van der Waals surface area contributed by atoms with E-state index in [1.165, 1.54) is 6.26 Å². The number of anilines is 1. The van der Waals surface area contributed by atoms with Crippen LogP contribution < -0.4 is 9.64 Å². The number of carbonyl (C=O) groups excluding carboxylic acids is 1. The summed E-state index contributed by atoms with van der Waals surface area (Å²) >= 11 is 0. The molecule has 2 aliphatic rings. The number of piperazine rings is 2. The van der Waals surface area contributed by atoms with Crippen LogP contribution in [0.2, 0.25) is 0 Å². The Morgan fingerprint density at radius 3 is 2.41 bits per heavy atom. The van der Waals surface area contributed by atoms with Gasteiger partial charge in [-0.05, 0) is 18.1 Å². The zero-order valence-corrected chi connectivity index (χ0v) is 19.5. The van der Waals surface area contributed by atoms with Crippen molar-refractivity contribution >= 4 is 11.6 Å². The van der Waals surface area contributed by atoms with Crippen molar-refractivity contribution in [3.63, 3.8) is 0 Å². The van der Waals surface area contributed by atoms with Gasteiger partial charge in [-0.15, -0.1) is 0 Å². The lowest BCUT2D eigenvalue weighted by Gasteiger charge is -2.36. The average molecular weight is 442 g/mol. The van der Waals surface area contributed by atoms with E-state index in [4.69, 9.17) is 9.15 Å². The molecule has 1 aromatic carbocycles. The van der Waals surface area contributed by atoms with Crippen LogP contribution in [0.1, 0.15) is 30.2 Å². The van der Waals surface area contributed by atoms with Crippen molar-refractivity contribution in [1.82, 2.24) is 19.7 Å². The standard InChI is InChI=1S/C24H35N5O3/c1-19(2)16-26-8-10-27(11-9-26)17-23-25-20(18-32-23)24(30)29-14-12-28(13-15-29)21-6-4-5-7-22(21)31-3/h4-7,18-19H,8-17H2,1-3H3. The van der Waals surface area contributed by atoms with Crippen molar-refractivity contribution in [3.8, 4) is 5.75 Å². The molecule has 8 heteroatoms. The predicted octanol–water partition coefficient (Wildman–Crippen LogP) is 2.42. The Morgan fingerprint density at radius 2 is 1.72 bits per heavy atom. The van der Waals surface area contributed by atoms with Crippen LogP contribution >= 0.6 is 0 Å². The number of oxazole rings is 1. The van der Waals surface area contributed by atoms with Crippen LogP contribution in [-0.2, 0) is 6.54 Å². The highest BCUT2D eigenvalue weighted by Crippen LogP contribution is 2.28. The van der Waals surface area contributed by atoms with Gasteiger partial charge in [-0.1, -0.05) is 26.0 Å². The van der Waals surface area contributed by atoms with E-state index in [1.54, 1.807) is 7.11 Å². The average Bonchev–Trinajstić information content (AvgIpc) is 3.28. The van der Waals surface area contributed by atoms with Crippen molar-refractivity contribution in [1.29, 1.82) is 0 Å². The summed E-state index contributed by atoms with van der Waals surface area (Å²) in [4.78, 5) is 26.4. The minimum atomic E-state index is -0.0542. The lowest BCUT2D eigenvalue weighted by Crippen LogP contribution is -2.49. The molecule has 32 heavy (non-hydrogen) atoms. The van der Waals surface area contributed by atoms with Gasteiger partial charge in [0.15, 0.2) is 5.69 Å². The Kier molecular flexibility index (Phi) is 7.32. The maximum Gasteiger partial charge on any atom is 0.275 e. The van der Waals surface area contributed by atoms with Crippen LogP contribution in [0.4, 0.5) is 5.69 Å². The highest BCUT2D eigenvalue weighted by Gasteiger charge is 2.26. The molecule has 1 amide bonds. The number of hydrogen-bond acceptors (Lipinski definition) is 7. The highest BCUT2D eigenvalue weighted by atomic mass is 16.5. The maximum atomic E-state index is 13.0. The zero-order valence-electron chi connectivity index (χ0n) is 19.5. The number of rotatable bonds is 7. The first-order valence-corrected chi connectivity index (χ1v) is 11.6. The summed E-state index contributed by atoms with van der Waals surface area (Å²) in [5.41, 5.74) is 1.48. The van der Waals surface area contributed by atoms with Crippen molar-refractivity contribution in [2.45, 2.75) is 20.4 Å². The van der Waals surface area contributed by atoms with Crippen LogP contribution in [0, 0.1) is 5.92 Å². The molecule has 2 aromatic rings. The number of amides is 1. The van der Waals surface area contributed by atoms with Gasteiger partial charge >= 0.3 is 0 Å². The van der Waals surface area contributed by atoms with Crippen LogP contribution in [0.15, 0.2) is 34.9 Å². The lowest BCUT2D eigenvalue weighted by atomic mass is 10.2. The second-order valence-corrected chi connectivity index (χ2v) is 9.05. The molecule has 2 saturated heterocycles. The largest absolute Gasteiger partial charge is 0.495 e. The van der Waals surface area contributed by atoms with E-state index >= 15 is 0 Å². The summed E-state index contributed by atoms with van der Waals surface area (Å²) < 4.78 is 11.1. The molecule has 0 atom stereocenters. The molecular weight excluding hydrogens is 406 g/mol. The van der Waals surface area contributed by atoms with Crippen molar-refractivity contribution in [2.75, 3.05) is 70.9 Å². The number of aromatic nitrogens is 1. The number of methoxy groups -OCH3 is 1. The van der Waals surface area contributed by atoms with E-state index in [0.29, 0.717) is 37.1 Å². The summed E-state index contributed by atoms with van der Waals surface area (Å²) in [6.07, 6.45) is 1.51. The molecule has 0 N–H and O–H groups in total. The Balaban J connectivity index is 1.27. The monoisotopic (exact) mass is 441 g/mol. The second kappa shape index (κ2) is 10.4. The lowest BCUT2D eigenvalue weighted by molar-refractivity contribution is 0.0740. The van der Waals surface area contributed by atoms with Gasteiger partial charge in [-0.25, -0.2) is 4.98 Å². The fraction of sp³-hybridized carbons (Fsp3) is 0.583. The molecule has 0 radical (unpaired) electrons. The summed E-state index contributed by atoms with van der Waals surface area (Å²) in [5, 5.41) is 0. The zero-order chi connectivity index (χ0) is 22.5. The van der Waals surface area contributed by atoms with Gasteiger partial charge in [0, 0.05) is 58.9 Å². The number of nitrogens with zero attached hydrogens (tertiary/aromatic N) is 5. The van der Waals surface area contributed by atoms with E-state index in [2.05, 4.69) is 39.6 Å². The molecule has 174 valence electrons. The number of carbonyl (C=O) groups is 1. The molecule has 0 saturated carbocycles. The fourth-order valence-corrected chi connectivity index (χ4v) is 4.52. The first-order valence-electron chi connectivity index (χ1n) is 11.6. The van der Waals surface area contributed by atoms with E-state index < -0.39 is 0 Å². The normalized spacial score (nSPS) is 18.4. The minimum absolute atomic E-state index is 0.0542. The molecule has 8 nitrogen and oxygen atoms in total. The van der Waals surface area contributed by atoms with E-state index in [1.807, 2.05) is 23.1 Å². The van der Waals surface area contributed by atoms with Crippen molar-refractivity contribution in [3.05, 3.63) is 42.1 Å². The molecule has 3 heterocycles. The minimum Gasteiger partial charge on any atom is -0.495 e. The third-order valence-electron chi connectivity index (χ3n) is 6.21. The Hall–Kier alpha value is -2.58. The van der Waals surface area contributed by atoms with E-state index in [-0.39, 0.29) is 5.91 Å². The summed E-state index contributed by atoms with van der Waals surface area (Å²) in [6, 6.07) is 8.00. The topological polar surface area (TPSA) is 65.3 Å². The Bertz CT molecular complexity index is 883. The smallest absolute Gasteiger partial charge is 0.275 e. The van der Waals surface area contributed by atoms with Crippen LogP contribution in [0.3, 0.4) is 0 Å². The van der Waals surface area contributed by atoms with Crippen molar-refractivity contribution in [2.24, 2.45) is 5.92 Å². The SMILES string of the molecule is COc1ccccc1N1CCN(C(=O)c2coc(CN3CCN(CC(C)C)CC3)n2)CC1. The maximum absolute atomic E-state index is 13.0. The van der Waals surface area contributed by atoms with Gasteiger partial charge in [-0.2, -0.15) is 0 Å². The van der Waals surface area contributed by atoms with Crippen LogP contribution in [0.25, 0.3) is 0 Å². The van der Waals surface area contributed by atoms with Gasteiger partial charge < -0.3 is 23.9 Å². The molecule has 0 bridgehead atoms. The van der Waals surface area contributed by atoms with Crippen molar-refractivity contribution < 1.29 is 13.9 Å². The number of benzene rings is 1. The van der Waals surface area contributed by atoms with Gasteiger partial charge in [-0.3, -0.25) is 9.69 Å². The predicted molar refractivity (Wildman–Crippen MR) is 124 cm³/mol. The first kappa shape index (κ1) is 22.6. The third kappa shape index (κ3) is 5.42. The molecule has 2 aliphatic heterocycles. The Morgan fingerprint density at radius 1 is 1.03 bits per heavy atom. The molecule has 0 unspecified atom stereocenters. The molecule has 0 aliphatic carbocycles. The fourth-order valence-electron chi connectivity index (χ4n) is 4.52. The summed E-state index contributed by atoms with van der Waals surface area (Å²) in [7, 11) is 1.69. The number of ether oxygens (including phenoxy) is 1. The quantitative estimate of drug-likeness (QED) is 0.654. The second-order valence-electron chi connectivity index (χ2n) is 9.05. The summed E-state index contributed by atoms with van der Waals surface area (Å²) in [6.45, 7) is 13.3. The molecule has 1 aromatic heterocycles. The molecule has 4 rings (SSSR count). The van der Waals surface area contributed by atoms with E-state index in [0.717, 1.165) is 57.3 Å². The number of para-hydroxylation sites is 2.